The first-order chi connectivity index (χ1) is 6.51. The summed E-state index contributed by atoms with van der Waals surface area (Å²) in [5, 5.41) is 2.99. The van der Waals surface area contributed by atoms with Gasteiger partial charge in [-0.3, -0.25) is 4.79 Å². The van der Waals surface area contributed by atoms with Gasteiger partial charge >= 0.3 is 0 Å². The zero-order chi connectivity index (χ0) is 11.1. The van der Waals surface area contributed by atoms with Crippen LogP contribution in [0.4, 0.5) is 0 Å². The van der Waals surface area contributed by atoms with Crippen LogP contribution in [0.3, 0.4) is 0 Å². The minimum Gasteiger partial charge on any atom is -0.353 e. The van der Waals surface area contributed by atoms with Gasteiger partial charge in [-0.25, -0.2) is 0 Å². The molecule has 0 fully saturated rings. The summed E-state index contributed by atoms with van der Waals surface area (Å²) < 4.78 is 0. The fraction of sp³-hybridized carbons (Fsp3) is 0.909. The van der Waals surface area contributed by atoms with Crippen LogP contribution < -0.4 is 11.1 Å². The molecule has 0 aromatic heterocycles. The Morgan fingerprint density at radius 1 is 1.29 bits per heavy atom. The van der Waals surface area contributed by atoms with Crippen LogP contribution in [0.2, 0.25) is 0 Å². The van der Waals surface area contributed by atoms with E-state index in [0.717, 1.165) is 12.8 Å². The van der Waals surface area contributed by atoms with Crippen molar-refractivity contribution in [1.82, 2.24) is 5.32 Å². The van der Waals surface area contributed by atoms with Crippen molar-refractivity contribution in [1.29, 1.82) is 0 Å². The molecule has 2 unspecified atom stereocenters. The van der Waals surface area contributed by atoms with E-state index in [1.54, 1.807) is 0 Å². The number of amides is 1. The molecule has 0 aromatic rings. The zero-order valence-electron chi connectivity index (χ0n) is 9.84. The summed E-state index contributed by atoms with van der Waals surface area (Å²) in [6, 6.07) is 0.208. The molecule has 0 spiro atoms. The van der Waals surface area contributed by atoms with Crippen molar-refractivity contribution in [2.75, 3.05) is 0 Å². The largest absolute Gasteiger partial charge is 0.353 e. The van der Waals surface area contributed by atoms with Gasteiger partial charge in [-0.1, -0.05) is 26.7 Å². The van der Waals surface area contributed by atoms with Crippen LogP contribution in [0, 0.1) is 5.92 Å². The van der Waals surface area contributed by atoms with Gasteiger partial charge in [0.1, 0.15) is 0 Å². The summed E-state index contributed by atoms with van der Waals surface area (Å²) in [5.41, 5.74) is 5.55. The lowest BCUT2D eigenvalue weighted by atomic mass is 9.95. The molecular weight excluding hydrogens is 176 g/mol. The van der Waals surface area contributed by atoms with Gasteiger partial charge in [-0.05, 0) is 19.8 Å². The average Bonchev–Trinajstić information content (AvgIpc) is 2.04. The summed E-state index contributed by atoms with van der Waals surface area (Å²) in [4.78, 5) is 11.4. The smallest absolute Gasteiger partial charge is 0.221 e. The molecule has 0 aromatic carbocycles. The van der Waals surface area contributed by atoms with E-state index in [1.807, 2.05) is 6.92 Å². The van der Waals surface area contributed by atoms with Crippen molar-refractivity contribution in [2.24, 2.45) is 11.7 Å². The van der Waals surface area contributed by atoms with Crippen LogP contribution >= 0.6 is 0 Å². The minimum absolute atomic E-state index is 0.0519. The van der Waals surface area contributed by atoms with E-state index in [1.165, 1.54) is 0 Å². The molecule has 0 radical (unpaired) electrons. The van der Waals surface area contributed by atoms with E-state index in [2.05, 4.69) is 26.1 Å². The highest BCUT2D eigenvalue weighted by atomic mass is 16.1. The van der Waals surface area contributed by atoms with E-state index in [-0.39, 0.29) is 18.0 Å². The highest BCUT2D eigenvalue weighted by Crippen LogP contribution is 2.12. The molecule has 0 aliphatic heterocycles. The molecule has 0 saturated heterocycles. The maximum Gasteiger partial charge on any atom is 0.221 e. The van der Waals surface area contributed by atoms with Gasteiger partial charge < -0.3 is 11.1 Å². The maximum absolute atomic E-state index is 11.4. The Balaban J connectivity index is 3.91. The molecule has 0 aliphatic carbocycles. The summed E-state index contributed by atoms with van der Waals surface area (Å²) in [6.45, 7) is 8.23. The van der Waals surface area contributed by atoms with E-state index in [9.17, 15) is 4.79 Å². The molecule has 3 heteroatoms. The van der Waals surface area contributed by atoms with Crippen molar-refractivity contribution in [2.45, 2.75) is 59.0 Å². The second-order valence-corrected chi connectivity index (χ2v) is 4.11. The van der Waals surface area contributed by atoms with Gasteiger partial charge in [0.15, 0.2) is 0 Å². The number of rotatable bonds is 6. The topological polar surface area (TPSA) is 55.1 Å². The normalized spacial score (nSPS) is 15.3. The highest BCUT2D eigenvalue weighted by Gasteiger charge is 2.15. The van der Waals surface area contributed by atoms with E-state index >= 15 is 0 Å². The summed E-state index contributed by atoms with van der Waals surface area (Å²) in [7, 11) is 0. The van der Waals surface area contributed by atoms with Crippen molar-refractivity contribution in [3.63, 3.8) is 0 Å². The Labute approximate surface area is 87.4 Å². The fourth-order valence-electron chi connectivity index (χ4n) is 1.72. The third kappa shape index (κ3) is 5.22. The van der Waals surface area contributed by atoms with Crippen LogP contribution in [-0.2, 0) is 4.79 Å². The Morgan fingerprint density at radius 2 is 1.79 bits per heavy atom. The summed E-state index contributed by atoms with van der Waals surface area (Å²) in [6.07, 6.45) is 2.64. The number of hydrogen-bond donors (Lipinski definition) is 2. The lowest BCUT2D eigenvalue weighted by Gasteiger charge is -2.22. The van der Waals surface area contributed by atoms with Gasteiger partial charge in [-0.15, -0.1) is 0 Å². The number of carbonyl (C=O) groups is 1. The monoisotopic (exact) mass is 200 g/mol. The fourth-order valence-corrected chi connectivity index (χ4v) is 1.72. The van der Waals surface area contributed by atoms with E-state index in [4.69, 9.17) is 5.73 Å². The van der Waals surface area contributed by atoms with Gasteiger partial charge in [0.2, 0.25) is 5.91 Å². The lowest BCUT2D eigenvalue weighted by Crippen LogP contribution is -2.39. The Kier molecular flexibility index (Phi) is 6.54. The molecule has 3 nitrogen and oxygen atoms in total. The van der Waals surface area contributed by atoms with Crippen LogP contribution in [-0.4, -0.2) is 18.0 Å². The summed E-state index contributed by atoms with van der Waals surface area (Å²) in [5.74, 6) is 0.645. The third-order valence-corrected chi connectivity index (χ3v) is 2.65. The highest BCUT2D eigenvalue weighted by molar-refractivity contribution is 5.76. The zero-order valence-corrected chi connectivity index (χ0v) is 9.84. The van der Waals surface area contributed by atoms with Crippen LogP contribution in [0.5, 0.6) is 0 Å². The minimum atomic E-state index is -0.0519. The predicted octanol–water partition coefficient (Wildman–Crippen LogP) is 1.66. The SMILES string of the molecule is CCC(CC)C(C)NC(=O)CC(C)N. The molecule has 0 heterocycles. The van der Waals surface area contributed by atoms with Crippen molar-refractivity contribution in [3.8, 4) is 0 Å². The maximum atomic E-state index is 11.4. The molecular formula is C11H24N2O. The van der Waals surface area contributed by atoms with E-state index < -0.39 is 0 Å². The van der Waals surface area contributed by atoms with Crippen LogP contribution in [0.25, 0.3) is 0 Å². The van der Waals surface area contributed by atoms with Crippen molar-refractivity contribution >= 4 is 5.91 Å². The van der Waals surface area contributed by atoms with Gasteiger partial charge in [0.05, 0.1) is 0 Å². The number of carbonyl (C=O) groups excluding carboxylic acids is 1. The number of hydrogen-bond acceptors (Lipinski definition) is 2. The molecule has 2 atom stereocenters. The molecule has 0 rings (SSSR count). The van der Waals surface area contributed by atoms with Crippen molar-refractivity contribution < 1.29 is 4.79 Å². The van der Waals surface area contributed by atoms with Crippen LogP contribution in [0.1, 0.15) is 47.0 Å². The standard InChI is InChI=1S/C11H24N2O/c1-5-10(6-2)9(4)13-11(14)7-8(3)12/h8-10H,5-7,12H2,1-4H3,(H,13,14). The van der Waals surface area contributed by atoms with Crippen molar-refractivity contribution in [3.05, 3.63) is 0 Å². The Bertz CT molecular complexity index is 165. The third-order valence-electron chi connectivity index (χ3n) is 2.65. The van der Waals surface area contributed by atoms with Gasteiger partial charge in [-0.2, -0.15) is 0 Å². The molecule has 1 amide bonds. The molecule has 0 bridgehead atoms. The quantitative estimate of drug-likeness (QED) is 0.685. The second kappa shape index (κ2) is 6.82. The first-order valence-corrected chi connectivity index (χ1v) is 5.56. The first kappa shape index (κ1) is 13.4. The second-order valence-electron chi connectivity index (χ2n) is 4.11. The molecule has 84 valence electrons. The number of nitrogens with one attached hydrogen (secondary N) is 1. The predicted molar refractivity (Wildman–Crippen MR) is 59.9 cm³/mol. The van der Waals surface area contributed by atoms with E-state index in [0.29, 0.717) is 12.3 Å². The molecule has 0 saturated carbocycles. The van der Waals surface area contributed by atoms with Gasteiger partial charge in [0.25, 0.3) is 0 Å². The molecule has 3 N–H and O–H groups in total. The number of nitrogens with two attached hydrogens (primary N) is 1. The lowest BCUT2D eigenvalue weighted by molar-refractivity contribution is -0.122. The Morgan fingerprint density at radius 3 is 2.14 bits per heavy atom. The van der Waals surface area contributed by atoms with Gasteiger partial charge in [0, 0.05) is 18.5 Å². The summed E-state index contributed by atoms with van der Waals surface area (Å²) >= 11 is 0. The molecule has 0 aliphatic rings. The van der Waals surface area contributed by atoms with Crippen LogP contribution in [0.15, 0.2) is 0 Å². The first-order valence-electron chi connectivity index (χ1n) is 5.56. The average molecular weight is 200 g/mol. The Hall–Kier alpha value is -0.570. The molecule has 14 heavy (non-hydrogen) atoms.